The van der Waals surface area contributed by atoms with Crippen molar-refractivity contribution < 1.29 is 4.39 Å². The van der Waals surface area contributed by atoms with Gasteiger partial charge in [-0.15, -0.1) is 0 Å². The molecule has 0 atom stereocenters. The Morgan fingerprint density at radius 2 is 1.96 bits per heavy atom. The van der Waals surface area contributed by atoms with Crippen LogP contribution in [0.15, 0.2) is 36.8 Å². The van der Waals surface area contributed by atoms with Crippen molar-refractivity contribution in [3.8, 4) is 0 Å². The molecule has 1 saturated heterocycles. The average Bonchev–Trinajstić information content (AvgIpc) is 3.16. The number of nitrogens with one attached hydrogen (secondary N) is 2. The third-order valence-electron chi connectivity index (χ3n) is 4.76. The Balaban J connectivity index is 1.22. The largest absolute Gasteiger partial charge is 0.369 e. The van der Waals surface area contributed by atoms with Crippen LogP contribution in [0.3, 0.4) is 0 Å². The number of hydrogen-bond acceptors (Lipinski definition) is 6. The lowest BCUT2D eigenvalue weighted by molar-refractivity contribution is 0.256. The number of piperazine rings is 1. The Kier molecular flexibility index (Phi) is 4.92. The number of rotatable bonds is 6. The molecule has 1 aromatic carbocycles. The molecule has 3 heterocycles. The number of halogens is 1. The van der Waals surface area contributed by atoms with E-state index in [2.05, 4.69) is 35.3 Å². The van der Waals surface area contributed by atoms with E-state index in [-0.39, 0.29) is 5.82 Å². The number of benzene rings is 1. The lowest BCUT2D eigenvalue weighted by Crippen LogP contribution is -2.47. The number of nitrogens with zero attached hydrogens (tertiary/aromatic N) is 5. The number of hydrogen-bond donors (Lipinski definition) is 2. The summed E-state index contributed by atoms with van der Waals surface area (Å²) in [6.45, 7) is 5.47. The first-order chi connectivity index (χ1) is 12.8. The molecule has 0 radical (unpaired) electrons. The number of aromatic amines is 1. The lowest BCUT2D eigenvalue weighted by atomic mass is 10.2. The average molecular weight is 355 g/mol. The predicted octanol–water partition coefficient (Wildman–Crippen LogP) is 2.12. The van der Waals surface area contributed by atoms with E-state index in [1.54, 1.807) is 12.3 Å². The fraction of sp³-hybridized carbons (Fsp3) is 0.389. The van der Waals surface area contributed by atoms with Crippen molar-refractivity contribution in [1.82, 2.24) is 25.1 Å². The molecule has 0 spiro atoms. The van der Waals surface area contributed by atoms with Gasteiger partial charge in [-0.25, -0.2) is 14.4 Å². The van der Waals surface area contributed by atoms with Crippen molar-refractivity contribution in [2.75, 3.05) is 49.5 Å². The second-order valence-electron chi connectivity index (χ2n) is 6.41. The molecule has 2 N–H and O–H groups in total. The minimum absolute atomic E-state index is 0.138. The summed E-state index contributed by atoms with van der Waals surface area (Å²) in [5.41, 5.74) is 1.45. The maximum absolute atomic E-state index is 13.9. The van der Waals surface area contributed by atoms with Crippen LogP contribution in [0.1, 0.15) is 6.42 Å². The van der Waals surface area contributed by atoms with E-state index in [0.29, 0.717) is 5.69 Å². The summed E-state index contributed by atoms with van der Waals surface area (Å²) in [5.74, 6) is 0.675. The summed E-state index contributed by atoms with van der Waals surface area (Å²) in [6.07, 6.45) is 4.29. The zero-order valence-electron chi connectivity index (χ0n) is 14.5. The van der Waals surface area contributed by atoms with Crippen LogP contribution in [-0.4, -0.2) is 64.3 Å². The maximum Gasteiger partial charge on any atom is 0.160 e. The Morgan fingerprint density at radius 1 is 1.12 bits per heavy atom. The highest BCUT2D eigenvalue weighted by Gasteiger charge is 2.18. The van der Waals surface area contributed by atoms with Gasteiger partial charge in [0, 0.05) is 32.7 Å². The van der Waals surface area contributed by atoms with Gasteiger partial charge in [0.25, 0.3) is 0 Å². The molecule has 2 aromatic heterocycles. The molecule has 1 aliphatic heterocycles. The van der Waals surface area contributed by atoms with Gasteiger partial charge >= 0.3 is 0 Å². The van der Waals surface area contributed by atoms with E-state index in [1.165, 1.54) is 12.4 Å². The number of H-pyrrole nitrogens is 1. The fourth-order valence-electron chi connectivity index (χ4n) is 3.34. The highest BCUT2D eigenvalue weighted by atomic mass is 19.1. The van der Waals surface area contributed by atoms with Gasteiger partial charge in [-0.2, -0.15) is 5.10 Å². The summed E-state index contributed by atoms with van der Waals surface area (Å²) in [4.78, 5) is 13.0. The normalized spacial score (nSPS) is 15.5. The lowest BCUT2D eigenvalue weighted by Gasteiger charge is -2.36. The maximum atomic E-state index is 13.9. The van der Waals surface area contributed by atoms with Gasteiger partial charge in [-0.3, -0.25) is 10.00 Å². The second-order valence-corrected chi connectivity index (χ2v) is 6.41. The molecule has 1 fully saturated rings. The number of aromatic nitrogens is 4. The van der Waals surface area contributed by atoms with Crippen LogP contribution in [-0.2, 0) is 0 Å². The zero-order valence-corrected chi connectivity index (χ0v) is 14.5. The molecule has 3 aromatic rings. The van der Waals surface area contributed by atoms with E-state index in [1.807, 2.05) is 12.1 Å². The molecule has 0 bridgehead atoms. The number of anilines is 2. The standard InChI is InChI=1S/C18H22FN7/c19-15-4-1-2-5-16(15)26-10-8-25(9-11-26)7-3-6-20-17-14-12-23-24-18(14)22-13-21-17/h1-2,4-5,12-13H,3,6-11H2,(H2,20,21,22,23,24). The molecule has 26 heavy (non-hydrogen) atoms. The summed E-state index contributed by atoms with van der Waals surface area (Å²) in [6, 6.07) is 7.00. The van der Waals surface area contributed by atoms with Gasteiger partial charge in [-0.05, 0) is 25.1 Å². The van der Waals surface area contributed by atoms with Crippen molar-refractivity contribution >= 4 is 22.5 Å². The van der Waals surface area contributed by atoms with E-state index in [4.69, 9.17) is 0 Å². The van der Waals surface area contributed by atoms with Crippen LogP contribution >= 0.6 is 0 Å². The molecular formula is C18H22FN7. The van der Waals surface area contributed by atoms with Crippen molar-refractivity contribution in [1.29, 1.82) is 0 Å². The molecule has 136 valence electrons. The minimum atomic E-state index is -0.138. The topological polar surface area (TPSA) is 73.0 Å². The van der Waals surface area contributed by atoms with Crippen LogP contribution in [0.25, 0.3) is 11.0 Å². The first kappa shape index (κ1) is 16.7. The quantitative estimate of drug-likeness (QED) is 0.660. The monoisotopic (exact) mass is 355 g/mol. The van der Waals surface area contributed by atoms with E-state index in [9.17, 15) is 4.39 Å². The fourth-order valence-corrected chi connectivity index (χ4v) is 3.34. The van der Waals surface area contributed by atoms with Crippen molar-refractivity contribution in [2.45, 2.75) is 6.42 Å². The molecule has 0 amide bonds. The minimum Gasteiger partial charge on any atom is -0.369 e. The van der Waals surface area contributed by atoms with Crippen molar-refractivity contribution in [3.05, 3.63) is 42.6 Å². The molecule has 0 aliphatic carbocycles. The van der Waals surface area contributed by atoms with E-state index in [0.717, 1.165) is 62.5 Å². The smallest absolute Gasteiger partial charge is 0.160 e. The van der Waals surface area contributed by atoms with Crippen LogP contribution in [0.2, 0.25) is 0 Å². The zero-order chi connectivity index (χ0) is 17.8. The molecular weight excluding hydrogens is 333 g/mol. The molecule has 4 rings (SSSR count). The van der Waals surface area contributed by atoms with Crippen molar-refractivity contribution in [2.24, 2.45) is 0 Å². The molecule has 1 aliphatic rings. The van der Waals surface area contributed by atoms with Crippen LogP contribution < -0.4 is 10.2 Å². The van der Waals surface area contributed by atoms with Gasteiger partial charge in [-0.1, -0.05) is 12.1 Å². The van der Waals surface area contributed by atoms with Gasteiger partial charge in [0.2, 0.25) is 0 Å². The Bertz CT molecular complexity index is 857. The highest BCUT2D eigenvalue weighted by molar-refractivity contribution is 5.85. The second kappa shape index (κ2) is 7.65. The summed E-state index contributed by atoms with van der Waals surface area (Å²) in [7, 11) is 0. The van der Waals surface area contributed by atoms with Crippen LogP contribution in [0.4, 0.5) is 15.9 Å². The first-order valence-corrected chi connectivity index (χ1v) is 8.91. The van der Waals surface area contributed by atoms with Crippen LogP contribution in [0, 0.1) is 5.82 Å². The molecule has 8 heteroatoms. The molecule has 0 saturated carbocycles. The summed E-state index contributed by atoms with van der Waals surface area (Å²) in [5, 5.41) is 11.1. The van der Waals surface area contributed by atoms with Crippen LogP contribution in [0.5, 0.6) is 0 Å². The SMILES string of the molecule is Fc1ccccc1N1CCN(CCCNc2ncnc3[nH]ncc23)CC1. The van der Waals surface area contributed by atoms with E-state index < -0.39 is 0 Å². The third kappa shape index (κ3) is 3.60. The first-order valence-electron chi connectivity index (χ1n) is 8.91. The number of para-hydroxylation sites is 1. The van der Waals surface area contributed by atoms with Crippen molar-refractivity contribution in [3.63, 3.8) is 0 Å². The van der Waals surface area contributed by atoms with Gasteiger partial charge in [0.05, 0.1) is 17.3 Å². The van der Waals surface area contributed by atoms with Gasteiger partial charge < -0.3 is 10.2 Å². The summed E-state index contributed by atoms with van der Waals surface area (Å²) < 4.78 is 13.9. The number of fused-ring (bicyclic) bond motifs is 1. The Morgan fingerprint density at radius 3 is 2.81 bits per heavy atom. The summed E-state index contributed by atoms with van der Waals surface area (Å²) >= 11 is 0. The predicted molar refractivity (Wildman–Crippen MR) is 99.8 cm³/mol. The van der Waals surface area contributed by atoms with Gasteiger partial charge in [0.15, 0.2) is 5.65 Å². The van der Waals surface area contributed by atoms with E-state index >= 15 is 0 Å². The molecule has 0 unspecified atom stereocenters. The Hall–Kier alpha value is -2.74. The molecule has 7 nitrogen and oxygen atoms in total. The van der Waals surface area contributed by atoms with Gasteiger partial charge in [0.1, 0.15) is 18.0 Å². The third-order valence-corrected chi connectivity index (χ3v) is 4.76. The highest BCUT2D eigenvalue weighted by Crippen LogP contribution is 2.20. The Labute approximate surface area is 151 Å².